The standard InChI is InChI=1S/C19H21N5O4/c1-13(25)22-8-10-23(11-9-22)17-7-6-14(12-18(17)24(27)28)19(26)21-16-5-3-2-4-15(16)20/h2-7,12H,8-11,20H2,1H3,(H,21,26). The maximum Gasteiger partial charge on any atom is 0.293 e. The van der Waals surface area contributed by atoms with Gasteiger partial charge in [0, 0.05) is 44.7 Å². The van der Waals surface area contributed by atoms with Gasteiger partial charge in [-0.1, -0.05) is 12.1 Å². The van der Waals surface area contributed by atoms with Crippen molar-refractivity contribution < 1.29 is 14.5 Å². The molecule has 28 heavy (non-hydrogen) atoms. The van der Waals surface area contributed by atoms with Crippen LogP contribution >= 0.6 is 0 Å². The molecule has 1 saturated heterocycles. The molecule has 3 rings (SSSR count). The van der Waals surface area contributed by atoms with Gasteiger partial charge in [-0.25, -0.2) is 0 Å². The number of carbonyl (C=O) groups excluding carboxylic acids is 2. The molecule has 1 fully saturated rings. The molecule has 0 saturated carbocycles. The van der Waals surface area contributed by atoms with Gasteiger partial charge in [0.25, 0.3) is 11.6 Å². The maximum atomic E-state index is 12.5. The number of nitrogens with one attached hydrogen (secondary N) is 1. The molecular weight excluding hydrogens is 362 g/mol. The Labute approximate surface area is 161 Å². The topological polar surface area (TPSA) is 122 Å². The summed E-state index contributed by atoms with van der Waals surface area (Å²) in [4.78, 5) is 38.6. The van der Waals surface area contributed by atoms with E-state index in [-0.39, 0.29) is 17.2 Å². The number of nitrogen functional groups attached to an aromatic ring is 1. The number of hydrogen-bond donors (Lipinski definition) is 2. The first-order valence-electron chi connectivity index (χ1n) is 8.81. The van der Waals surface area contributed by atoms with E-state index in [1.54, 1.807) is 41.3 Å². The van der Waals surface area contributed by atoms with E-state index in [1.807, 2.05) is 4.90 Å². The molecule has 0 radical (unpaired) electrons. The largest absolute Gasteiger partial charge is 0.397 e. The van der Waals surface area contributed by atoms with Crippen molar-refractivity contribution in [3.63, 3.8) is 0 Å². The van der Waals surface area contributed by atoms with E-state index in [2.05, 4.69) is 5.32 Å². The first-order valence-corrected chi connectivity index (χ1v) is 8.81. The van der Waals surface area contributed by atoms with Crippen molar-refractivity contribution in [2.24, 2.45) is 0 Å². The summed E-state index contributed by atoms with van der Waals surface area (Å²) in [6, 6.07) is 11.2. The second kappa shape index (κ2) is 7.95. The molecule has 0 spiro atoms. The summed E-state index contributed by atoms with van der Waals surface area (Å²) in [5.74, 6) is -0.490. The van der Waals surface area contributed by atoms with Gasteiger partial charge in [-0.15, -0.1) is 0 Å². The fourth-order valence-electron chi connectivity index (χ4n) is 3.15. The minimum absolute atomic E-state index is 0.0126. The SMILES string of the molecule is CC(=O)N1CCN(c2ccc(C(=O)Nc3ccccc3N)cc2[N+](=O)[O-])CC1. The molecule has 9 heteroatoms. The molecular formula is C19H21N5O4. The molecule has 9 nitrogen and oxygen atoms in total. The third kappa shape index (κ3) is 4.03. The van der Waals surface area contributed by atoms with Gasteiger partial charge in [-0.2, -0.15) is 0 Å². The van der Waals surface area contributed by atoms with E-state index in [0.717, 1.165) is 0 Å². The average Bonchev–Trinajstić information content (AvgIpc) is 2.69. The Kier molecular flexibility index (Phi) is 5.44. The van der Waals surface area contributed by atoms with E-state index < -0.39 is 10.8 Å². The quantitative estimate of drug-likeness (QED) is 0.474. The second-order valence-electron chi connectivity index (χ2n) is 6.50. The highest BCUT2D eigenvalue weighted by atomic mass is 16.6. The molecule has 0 aromatic heterocycles. The van der Waals surface area contributed by atoms with Crippen LogP contribution in [0.1, 0.15) is 17.3 Å². The van der Waals surface area contributed by atoms with Crippen molar-refractivity contribution in [2.45, 2.75) is 6.92 Å². The average molecular weight is 383 g/mol. The van der Waals surface area contributed by atoms with E-state index >= 15 is 0 Å². The fourth-order valence-corrected chi connectivity index (χ4v) is 3.15. The molecule has 2 amide bonds. The van der Waals surface area contributed by atoms with Gasteiger partial charge in [0.15, 0.2) is 0 Å². The lowest BCUT2D eigenvalue weighted by molar-refractivity contribution is -0.384. The summed E-state index contributed by atoms with van der Waals surface area (Å²) in [7, 11) is 0. The number of rotatable bonds is 4. The van der Waals surface area contributed by atoms with Gasteiger partial charge in [-0.3, -0.25) is 19.7 Å². The number of amides is 2. The lowest BCUT2D eigenvalue weighted by Crippen LogP contribution is -2.48. The van der Waals surface area contributed by atoms with Crippen molar-refractivity contribution in [3.8, 4) is 0 Å². The molecule has 3 N–H and O–H groups in total. The van der Waals surface area contributed by atoms with Gasteiger partial charge < -0.3 is 20.9 Å². The normalized spacial score (nSPS) is 13.9. The smallest absolute Gasteiger partial charge is 0.293 e. The number of nitrogens with zero attached hydrogens (tertiary/aromatic N) is 3. The summed E-state index contributed by atoms with van der Waals surface area (Å²) in [6.07, 6.45) is 0. The zero-order chi connectivity index (χ0) is 20.3. The van der Waals surface area contributed by atoms with Crippen molar-refractivity contribution in [1.82, 2.24) is 4.90 Å². The van der Waals surface area contributed by atoms with Gasteiger partial charge in [0.1, 0.15) is 5.69 Å². The summed E-state index contributed by atoms with van der Waals surface area (Å²) in [5, 5.41) is 14.3. The van der Waals surface area contributed by atoms with Crippen LogP contribution < -0.4 is 16.0 Å². The van der Waals surface area contributed by atoms with Crippen molar-refractivity contribution in [2.75, 3.05) is 42.1 Å². The predicted molar refractivity (Wildman–Crippen MR) is 106 cm³/mol. The molecule has 146 valence electrons. The van der Waals surface area contributed by atoms with Crippen LogP contribution in [-0.2, 0) is 4.79 Å². The fraction of sp³-hybridized carbons (Fsp3) is 0.263. The summed E-state index contributed by atoms with van der Waals surface area (Å²) < 4.78 is 0. The number of hydrogen-bond acceptors (Lipinski definition) is 6. The van der Waals surface area contributed by atoms with E-state index in [9.17, 15) is 19.7 Å². The van der Waals surface area contributed by atoms with Gasteiger partial charge in [0.05, 0.1) is 16.3 Å². The Morgan fingerprint density at radius 2 is 1.79 bits per heavy atom. The highest BCUT2D eigenvalue weighted by molar-refractivity contribution is 6.06. The van der Waals surface area contributed by atoms with E-state index in [4.69, 9.17) is 5.73 Å². The highest BCUT2D eigenvalue weighted by Crippen LogP contribution is 2.30. The molecule has 0 atom stereocenters. The number of nitrogens with two attached hydrogens (primary N) is 1. The molecule has 1 heterocycles. The lowest BCUT2D eigenvalue weighted by atomic mass is 10.1. The van der Waals surface area contributed by atoms with Crippen LogP contribution in [0.5, 0.6) is 0 Å². The maximum absolute atomic E-state index is 12.5. The van der Waals surface area contributed by atoms with Crippen LogP contribution in [0.4, 0.5) is 22.7 Å². The Bertz CT molecular complexity index is 922. The lowest BCUT2D eigenvalue weighted by Gasteiger charge is -2.35. The zero-order valence-corrected chi connectivity index (χ0v) is 15.4. The van der Waals surface area contributed by atoms with Gasteiger partial charge in [-0.05, 0) is 24.3 Å². The number of para-hydroxylation sites is 2. The second-order valence-corrected chi connectivity index (χ2v) is 6.50. The monoisotopic (exact) mass is 383 g/mol. The summed E-state index contributed by atoms with van der Waals surface area (Å²) >= 11 is 0. The molecule has 0 bridgehead atoms. The van der Waals surface area contributed by atoms with Crippen LogP contribution in [0.3, 0.4) is 0 Å². The van der Waals surface area contributed by atoms with Gasteiger partial charge in [0.2, 0.25) is 5.91 Å². The third-order valence-electron chi connectivity index (χ3n) is 4.71. The van der Waals surface area contributed by atoms with Crippen molar-refractivity contribution in [3.05, 3.63) is 58.1 Å². The Morgan fingerprint density at radius 1 is 1.11 bits per heavy atom. The van der Waals surface area contributed by atoms with E-state index in [0.29, 0.717) is 43.2 Å². The molecule has 0 aliphatic carbocycles. The van der Waals surface area contributed by atoms with Crippen molar-refractivity contribution >= 4 is 34.6 Å². The Hall–Kier alpha value is -3.62. The molecule has 2 aromatic carbocycles. The number of anilines is 3. The minimum atomic E-state index is -0.500. The molecule has 1 aliphatic heterocycles. The number of nitro groups is 1. The first kappa shape index (κ1) is 19.2. The molecule has 1 aliphatic rings. The number of benzene rings is 2. The Morgan fingerprint density at radius 3 is 2.39 bits per heavy atom. The van der Waals surface area contributed by atoms with Crippen molar-refractivity contribution in [1.29, 1.82) is 0 Å². The minimum Gasteiger partial charge on any atom is -0.397 e. The third-order valence-corrected chi connectivity index (χ3v) is 4.71. The Balaban J connectivity index is 1.81. The van der Waals surface area contributed by atoms with Crippen LogP contribution in [0.15, 0.2) is 42.5 Å². The number of piperazine rings is 1. The molecule has 0 unspecified atom stereocenters. The molecule has 2 aromatic rings. The highest BCUT2D eigenvalue weighted by Gasteiger charge is 2.26. The van der Waals surface area contributed by atoms with Crippen LogP contribution in [0.2, 0.25) is 0 Å². The van der Waals surface area contributed by atoms with E-state index in [1.165, 1.54) is 13.0 Å². The van der Waals surface area contributed by atoms with Crippen LogP contribution in [0, 0.1) is 10.1 Å². The number of carbonyl (C=O) groups is 2. The first-order chi connectivity index (χ1) is 13.4. The van der Waals surface area contributed by atoms with Crippen LogP contribution in [-0.4, -0.2) is 47.8 Å². The van der Waals surface area contributed by atoms with Gasteiger partial charge >= 0.3 is 0 Å². The zero-order valence-electron chi connectivity index (χ0n) is 15.4. The summed E-state index contributed by atoms with van der Waals surface area (Å²) in [5.41, 5.74) is 7.13. The number of nitro benzene ring substituents is 1. The summed E-state index contributed by atoms with van der Waals surface area (Å²) in [6.45, 7) is 3.49. The van der Waals surface area contributed by atoms with Crippen LogP contribution in [0.25, 0.3) is 0 Å². The predicted octanol–water partition coefficient (Wildman–Crippen LogP) is 2.10.